The number of nitrogens with one attached hydrogen (secondary N) is 1. The van der Waals surface area contributed by atoms with Crippen molar-refractivity contribution in [1.29, 1.82) is 5.26 Å². The van der Waals surface area contributed by atoms with Crippen molar-refractivity contribution in [1.82, 2.24) is 5.32 Å². The number of rotatable bonds is 2. The van der Waals surface area contributed by atoms with Gasteiger partial charge in [0.05, 0.1) is 15.4 Å². The number of carbonyl (C=O) groups excluding carboxylic acids is 1. The lowest BCUT2D eigenvalue weighted by Crippen LogP contribution is -2.49. The van der Waals surface area contributed by atoms with Crippen LogP contribution >= 0.6 is 27.3 Å². The first-order valence-corrected chi connectivity index (χ1v) is 7.70. The van der Waals surface area contributed by atoms with E-state index < -0.39 is 5.54 Å². The minimum atomic E-state index is -0.669. The summed E-state index contributed by atoms with van der Waals surface area (Å²) in [5, 5.41) is 14.1. The van der Waals surface area contributed by atoms with Crippen molar-refractivity contribution < 1.29 is 4.79 Å². The van der Waals surface area contributed by atoms with Crippen LogP contribution in [0.15, 0.2) is 15.2 Å². The van der Waals surface area contributed by atoms with Crippen molar-refractivity contribution in [3.05, 3.63) is 20.8 Å². The molecule has 0 saturated heterocycles. The van der Waals surface area contributed by atoms with Gasteiger partial charge in [0.2, 0.25) is 0 Å². The van der Waals surface area contributed by atoms with Crippen LogP contribution in [0, 0.1) is 17.2 Å². The van der Waals surface area contributed by atoms with Crippen molar-refractivity contribution in [3.63, 3.8) is 0 Å². The molecule has 0 unspecified atom stereocenters. The Hall–Kier alpha value is -0.860. The molecule has 1 aromatic rings. The molecule has 1 aliphatic rings. The normalized spacial score (nSPS) is 27.5. The molecule has 1 aliphatic carbocycles. The quantitative estimate of drug-likeness (QED) is 0.900. The molecule has 1 fully saturated rings. The molecule has 3 nitrogen and oxygen atoms in total. The maximum Gasteiger partial charge on any atom is 0.253 e. The third kappa shape index (κ3) is 2.93. The molecule has 1 amide bonds. The predicted molar refractivity (Wildman–Crippen MR) is 75.5 cm³/mol. The molecular weight excluding hydrogens is 312 g/mol. The predicted octanol–water partition coefficient (Wildman–Crippen LogP) is 3.71. The second-order valence-corrected chi connectivity index (χ2v) is 7.26. The SMILES string of the molecule is CC1CCC(C#N)(NC(=O)c2csc(Br)c2)CC1. The van der Waals surface area contributed by atoms with Gasteiger partial charge in [0.15, 0.2) is 0 Å². The molecule has 5 heteroatoms. The van der Waals surface area contributed by atoms with Crippen LogP contribution in [-0.2, 0) is 0 Å². The molecule has 0 aliphatic heterocycles. The summed E-state index contributed by atoms with van der Waals surface area (Å²) in [6, 6.07) is 4.09. The van der Waals surface area contributed by atoms with Gasteiger partial charge in [0.1, 0.15) is 5.54 Å². The monoisotopic (exact) mass is 326 g/mol. The number of thiophene rings is 1. The number of nitrogens with zero attached hydrogens (tertiary/aromatic N) is 1. The molecule has 2 rings (SSSR count). The first-order chi connectivity index (χ1) is 8.54. The Morgan fingerprint density at radius 1 is 1.61 bits per heavy atom. The van der Waals surface area contributed by atoms with Crippen LogP contribution in [-0.4, -0.2) is 11.4 Å². The Morgan fingerprint density at radius 3 is 2.78 bits per heavy atom. The van der Waals surface area contributed by atoms with E-state index in [1.165, 1.54) is 11.3 Å². The zero-order valence-electron chi connectivity index (χ0n) is 10.2. The van der Waals surface area contributed by atoms with E-state index in [0.29, 0.717) is 11.5 Å². The van der Waals surface area contributed by atoms with Gasteiger partial charge in [0.25, 0.3) is 5.91 Å². The second-order valence-electron chi connectivity index (χ2n) is 4.97. The topological polar surface area (TPSA) is 52.9 Å². The minimum Gasteiger partial charge on any atom is -0.334 e. The van der Waals surface area contributed by atoms with E-state index in [1.807, 2.05) is 0 Å². The second kappa shape index (κ2) is 5.41. The molecule has 0 radical (unpaired) electrons. The van der Waals surface area contributed by atoms with Crippen molar-refractivity contribution >= 4 is 33.2 Å². The van der Waals surface area contributed by atoms with Gasteiger partial charge in [-0.1, -0.05) is 6.92 Å². The fourth-order valence-electron chi connectivity index (χ4n) is 2.24. The number of nitriles is 1. The fraction of sp³-hybridized carbons (Fsp3) is 0.538. The molecule has 1 aromatic heterocycles. The molecule has 1 N–H and O–H groups in total. The first-order valence-electron chi connectivity index (χ1n) is 6.02. The number of hydrogen-bond donors (Lipinski definition) is 1. The first kappa shape index (κ1) is 13.6. The van der Waals surface area contributed by atoms with Crippen LogP contribution in [0.2, 0.25) is 0 Å². The van der Waals surface area contributed by atoms with Crippen LogP contribution in [0.5, 0.6) is 0 Å². The molecular formula is C13H15BrN2OS. The van der Waals surface area contributed by atoms with Crippen molar-refractivity contribution in [2.24, 2.45) is 5.92 Å². The molecule has 18 heavy (non-hydrogen) atoms. The molecule has 0 spiro atoms. The lowest BCUT2D eigenvalue weighted by molar-refractivity contribution is 0.0894. The highest BCUT2D eigenvalue weighted by Gasteiger charge is 2.35. The Labute approximate surface area is 119 Å². The van der Waals surface area contributed by atoms with Gasteiger partial charge in [-0.25, -0.2) is 0 Å². The average molecular weight is 327 g/mol. The van der Waals surface area contributed by atoms with Gasteiger partial charge in [-0.15, -0.1) is 11.3 Å². The fourth-order valence-corrected chi connectivity index (χ4v) is 3.37. The third-order valence-electron chi connectivity index (χ3n) is 3.52. The van der Waals surface area contributed by atoms with E-state index in [1.54, 1.807) is 11.4 Å². The number of hydrogen-bond acceptors (Lipinski definition) is 3. The zero-order chi connectivity index (χ0) is 13.2. The average Bonchev–Trinajstić information content (AvgIpc) is 2.79. The van der Waals surface area contributed by atoms with E-state index in [9.17, 15) is 10.1 Å². The van der Waals surface area contributed by atoms with Crippen LogP contribution in [0.1, 0.15) is 43.0 Å². The van der Waals surface area contributed by atoms with Crippen molar-refractivity contribution in [2.75, 3.05) is 0 Å². The zero-order valence-corrected chi connectivity index (χ0v) is 12.6. The van der Waals surface area contributed by atoms with Gasteiger partial charge in [-0.2, -0.15) is 5.26 Å². The molecule has 0 atom stereocenters. The van der Waals surface area contributed by atoms with Crippen LogP contribution in [0.3, 0.4) is 0 Å². The Kier molecular flexibility index (Phi) is 4.08. The van der Waals surface area contributed by atoms with Gasteiger partial charge in [0, 0.05) is 5.38 Å². The Morgan fingerprint density at radius 2 is 2.28 bits per heavy atom. The maximum absolute atomic E-state index is 12.1. The van der Waals surface area contributed by atoms with Crippen LogP contribution in [0.4, 0.5) is 0 Å². The summed E-state index contributed by atoms with van der Waals surface area (Å²) in [6.45, 7) is 2.19. The minimum absolute atomic E-state index is 0.145. The maximum atomic E-state index is 12.1. The summed E-state index contributed by atoms with van der Waals surface area (Å²) < 4.78 is 0.927. The molecule has 0 aromatic carbocycles. The number of halogens is 1. The highest BCUT2D eigenvalue weighted by Crippen LogP contribution is 2.32. The summed E-state index contributed by atoms with van der Waals surface area (Å²) in [4.78, 5) is 12.1. The molecule has 0 bridgehead atoms. The third-order valence-corrected chi connectivity index (χ3v) is 5.03. The van der Waals surface area contributed by atoms with Crippen molar-refractivity contribution in [3.8, 4) is 6.07 Å². The number of amides is 1. The van der Waals surface area contributed by atoms with E-state index in [0.717, 1.165) is 29.5 Å². The molecule has 96 valence electrons. The summed E-state index contributed by atoms with van der Waals surface area (Å²) in [5.41, 5.74) is -0.0435. The highest BCUT2D eigenvalue weighted by molar-refractivity contribution is 9.11. The smallest absolute Gasteiger partial charge is 0.253 e. The van der Waals surface area contributed by atoms with Crippen LogP contribution < -0.4 is 5.32 Å². The largest absolute Gasteiger partial charge is 0.334 e. The Bertz CT molecular complexity index is 483. The van der Waals surface area contributed by atoms with E-state index >= 15 is 0 Å². The summed E-state index contributed by atoms with van der Waals surface area (Å²) >= 11 is 4.81. The number of carbonyl (C=O) groups is 1. The van der Waals surface area contributed by atoms with Gasteiger partial charge < -0.3 is 5.32 Å². The standard InChI is InChI=1S/C13H15BrN2OS/c1-9-2-4-13(8-15,5-3-9)16-12(17)10-6-11(14)18-7-10/h6-7,9H,2-5H2,1H3,(H,16,17). The lowest BCUT2D eigenvalue weighted by atomic mass is 9.78. The summed E-state index contributed by atoms with van der Waals surface area (Å²) in [7, 11) is 0. The lowest BCUT2D eigenvalue weighted by Gasteiger charge is -2.34. The van der Waals surface area contributed by atoms with E-state index in [4.69, 9.17) is 0 Å². The summed E-state index contributed by atoms with van der Waals surface area (Å²) in [6.07, 6.45) is 3.51. The molecule has 1 saturated carbocycles. The molecule has 1 heterocycles. The van der Waals surface area contributed by atoms with E-state index in [2.05, 4.69) is 34.2 Å². The van der Waals surface area contributed by atoms with Crippen molar-refractivity contribution in [2.45, 2.75) is 38.1 Å². The van der Waals surface area contributed by atoms with Crippen LogP contribution in [0.25, 0.3) is 0 Å². The summed E-state index contributed by atoms with van der Waals surface area (Å²) in [5.74, 6) is 0.506. The van der Waals surface area contributed by atoms with Gasteiger partial charge in [-0.05, 0) is 53.6 Å². The van der Waals surface area contributed by atoms with Gasteiger partial charge >= 0.3 is 0 Å². The highest BCUT2D eigenvalue weighted by atomic mass is 79.9. The van der Waals surface area contributed by atoms with Gasteiger partial charge in [-0.3, -0.25) is 4.79 Å². The van der Waals surface area contributed by atoms with E-state index in [-0.39, 0.29) is 5.91 Å². The Balaban J connectivity index is 2.07.